The smallest absolute Gasteiger partial charge is 0.0655 e. The molecule has 0 saturated heterocycles. The summed E-state index contributed by atoms with van der Waals surface area (Å²) < 4.78 is 5.81. The molecule has 2 fully saturated rings. The van der Waals surface area contributed by atoms with Crippen LogP contribution in [0.5, 0.6) is 0 Å². The predicted octanol–water partition coefficient (Wildman–Crippen LogP) is 3.45. The minimum Gasteiger partial charge on any atom is -0.378 e. The zero-order chi connectivity index (χ0) is 13.2. The highest BCUT2D eigenvalue weighted by Crippen LogP contribution is 2.43. The Bertz CT molecular complexity index is 269. The van der Waals surface area contributed by atoms with E-state index in [0.717, 1.165) is 17.9 Å². The molecule has 0 aromatic carbocycles. The fraction of sp³-hybridized carbons (Fsp3) is 1.00. The van der Waals surface area contributed by atoms with Gasteiger partial charge >= 0.3 is 0 Å². The Morgan fingerprint density at radius 2 is 2.06 bits per heavy atom. The zero-order valence-corrected chi connectivity index (χ0v) is 13.2. The first-order valence-corrected chi connectivity index (χ1v) is 8.77. The van der Waals surface area contributed by atoms with Crippen LogP contribution in [0, 0.1) is 5.41 Å². The standard InChI is InChI=1S/C15H29NOS/c1-5-17-14-10-13(15(14,2)3)16-11-7-6-8-12(9-11)18-4/h11-14,16H,5-10H2,1-4H3. The van der Waals surface area contributed by atoms with Crippen LogP contribution in [0.4, 0.5) is 0 Å². The van der Waals surface area contributed by atoms with E-state index >= 15 is 0 Å². The highest BCUT2D eigenvalue weighted by atomic mass is 32.2. The lowest BCUT2D eigenvalue weighted by Gasteiger charge is -2.53. The molecule has 0 spiro atoms. The first kappa shape index (κ1) is 14.7. The van der Waals surface area contributed by atoms with E-state index in [1.54, 1.807) is 0 Å². The third-order valence-corrected chi connectivity index (χ3v) is 6.04. The molecular formula is C15H29NOS. The molecule has 0 aromatic heterocycles. The molecule has 0 heterocycles. The maximum absolute atomic E-state index is 5.81. The number of rotatable bonds is 5. The Morgan fingerprint density at radius 3 is 2.67 bits per heavy atom. The van der Waals surface area contributed by atoms with E-state index in [1.165, 1.54) is 32.1 Å². The van der Waals surface area contributed by atoms with Crippen molar-refractivity contribution in [1.29, 1.82) is 0 Å². The quantitative estimate of drug-likeness (QED) is 0.827. The number of thioether (sulfide) groups is 1. The molecule has 2 aliphatic rings. The minimum absolute atomic E-state index is 0.308. The summed E-state index contributed by atoms with van der Waals surface area (Å²) in [6.45, 7) is 7.65. The molecule has 2 saturated carbocycles. The van der Waals surface area contributed by atoms with Crippen LogP contribution in [0.3, 0.4) is 0 Å². The van der Waals surface area contributed by atoms with E-state index in [2.05, 4.69) is 32.3 Å². The topological polar surface area (TPSA) is 21.3 Å². The van der Waals surface area contributed by atoms with Crippen LogP contribution in [-0.4, -0.2) is 36.3 Å². The molecule has 0 amide bonds. The molecule has 0 bridgehead atoms. The Morgan fingerprint density at radius 1 is 1.28 bits per heavy atom. The van der Waals surface area contributed by atoms with Crippen LogP contribution in [0.15, 0.2) is 0 Å². The van der Waals surface area contributed by atoms with Crippen LogP contribution in [0.2, 0.25) is 0 Å². The number of hydrogen-bond donors (Lipinski definition) is 1. The van der Waals surface area contributed by atoms with Crippen molar-refractivity contribution in [2.24, 2.45) is 5.41 Å². The van der Waals surface area contributed by atoms with Crippen molar-refractivity contribution in [3.05, 3.63) is 0 Å². The monoisotopic (exact) mass is 271 g/mol. The van der Waals surface area contributed by atoms with E-state index in [4.69, 9.17) is 4.74 Å². The summed E-state index contributed by atoms with van der Waals surface area (Å²) in [6.07, 6.45) is 9.43. The van der Waals surface area contributed by atoms with Crippen molar-refractivity contribution >= 4 is 11.8 Å². The van der Waals surface area contributed by atoms with Gasteiger partial charge in [-0.3, -0.25) is 0 Å². The highest BCUT2D eigenvalue weighted by molar-refractivity contribution is 7.99. The summed E-state index contributed by atoms with van der Waals surface area (Å²) in [4.78, 5) is 0. The molecule has 3 heteroatoms. The molecule has 1 N–H and O–H groups in total. The van der Waals surface area contributed by atoms with Crippen molar-refractivity contribution in [3.63, 3.8) is 0 Å². The summed E-state index contributed by atoms with van der Waals surface area (Å²) >= 11 is 2.05. The zero-order valence-electron chi connectivity index (χ0n) is 12.4. The summed E-state index contributed by atoms with van der Waals surface area (Å²) in [6, 6.07) is 1.39. The van der Waals surface area contributed by atoms with Crippen LogP contribution >= 0.6 is 11.8 Å². The lowest BCUT2D eigenvalue weighted by molar-refractivity contribution is -0.117. The van der Waals surface area contributed by atoms with Gasteiger partial charge in [0, 0.05) is 29.4 Å². The van der Waals surface area contributed by atoms with Gasteiger partial charge in [0.25, 0.3) is 0 Å². The van der Waals surface area contributed by atoms with Gasteiger partial charge in [-0.05, 0) is 38.9 Å². The van der Waals surface area contributed by atoms with Gasteiger partial charge in [-0.1, -0.05) is 20.3 Å². The Kier molecular flexibility index (Phi) is 5.01. The second-order valence-electron chi connectivity index (χ2n) is 6.44. The van der Waals surface area contributed by atoms with Gasteiger partial charge < -0.3 is 10.1 Å². The average Bonchev–Trinajstić information content (AvgIpc) is 2.38. The number of hydrogen-bond acceptors (Lipinski definition) is 3. The molecule has 2 nitrogen and oxygen atoms in total. The molecule has 0 aromatic rings. The Labute approximate surface area is 117 Å². The molecule has 0 aliphatic heterocycles. The van der Waals surface area contributed by atoms with E-state index in [0.29, 0.717) is 17.6 Å². The number of ether oxygens (including phenoxy) is 1. The largest absolute Gasteiger partial charge is 0.378 e. The van der Waals surface area contributed by atoms with Crippen LogP contribution < -0.4 is 5.32 Å². The van der Waals surface area contributed by atoms with Gasteiger partial charge in [-0.15, -0.1) is 0 Å². The maximum atomic E-state index is 5.81. The summed E-state index contributed by atoms with van der Waals surface area (Å²) in [7, 11) is 0. The molecule has 2 rings (SSSR count). The first-order chi connectivity index (χ1) is 8.57. The van der Waals surface area contributed by atoms with Crippen LogP contribution in [-0.2, 0) is 4.74 Å². The molecule has 106 valence electrons. The second-order valence-corrected chi connectivity index (χ2v) is 7.58. The molecule has 0 radical (unpaired) electrons. The Hall–Kier alpha value is 0.270. The van der Waals surface area contributed by atoms with E-state index < -0.39 is 0 Å². The third kappa shape index (κ3) is 3.05. The van der Waals surface area contributed by atoms with Crippen molar-refractivity contribution in [2.75, 3.05) is 12.9 Å². The summed E-state index contributed by atoms with van der Waals surface area (Å²) in [5.41, 5.74) is 0.308. The fourth-order valence-electron chi connectivity index (χ4n) is 3.45. The maximum Gasteiger partial charge on any atom is 0.0655 e. The number of nitrogens with one attached hydrogen (secondary N) is 1. The third-order valence-electron chi connectivity index (χ3n) is 4.94. The normalized spacial score (nSPS) is 39.3. The molecule has 2 aliphatic carbocycles. The fourth-order valence-corrected chi connectivity index (χ4v) is 4.27. The Balaban J connectivity index is 1.80. The molecule has 4 unspecified atom stereocenters. The van der Waals surface area contributed by atoms with Gasteiger partial charge in [-0.25, -0.2) is 0 Å². The van der Waals surface area contributed by atoms with Gasteiger partial charge in [-0.2, -0.15) is 11.8 Å². The lowest BCUT2D eigenvalue weighted by atomic mass is 9.64. The van der Waals surface area contributed by atoms with Crippen molar-refractivity contribution in [1.82, 2.24) is 5.32 Å². The van der Waals surface area contributed by atoms with Gasteiger partial charge in [0.15, 0.2) is 0 Å². The SMILES string of the molecule is CCOC1CC(NC2CCCC(SC)C2)C1(C)C. The lowest BCUT2D eigenvalue weighted by Crippen LogP contribution is -2.63. The van der Waals surface area contributed by atoms with E-state index in [1.807, 2.05) is 11.8 Å². The summed E-state index contributed by atoms with van der Waals surface area (Å²) in [5, 5.41) is 4.78. The molecular weight excluding hydrogens is 242 g/mol. The highest BCUT2D eigenvalue weighted by Gasteiger charge is 2.49. The van der Waals surface area contributed by atoms with Crippen LogP contribution in [0.25, 0.3) is 0 Å². The van der Waals surface area contributed by atoms with E-state index in [-0.39, 0.29) is 0 Å². The van der Waals surface area contributed by atoms with Gasteiger partial charge in [0.1, 0.15) is 0 Å². The average molecular weight is 271 g/mol. The first-order valence-electron chi connectivity index (χ1n) is 7.48. The molecule has 4 atom stereocenters. The second kappa shape index (κ2) is 6.15. The van der Waals surface area contributed by atoms with Crippen molar-refractivity contribution in [2.45, 2.75) is 76.3 Å². The predicted molar refractivity (Wildman–Crippen MR) is 80.3 cm³/mol. The molecule has 18 heavy (non-hydrogen) atoms. The minimum atomic E-state index is 0.308. The van der Waals surface area contributed by atoms with Crippen molar-refractivity contribution in [3.8, 4) is 0 Å². The van der Waals surface area contributed by atoms with Gasteiger partial charge in [0.05, 0.1) is 6.10 Å². The van der Waals surface area contributed by atoms with Crippen molar-refractivity contribution < 1.29 is 4.74 Å². The van der Waals surface area contributed by atoms with Gasteiger partial charge in [0.2, 0.25) is 0 Å². The summed E-state index contributed by atoms with van der Waals surface area (Å²) in [5.74, 6) is 0. The van der Waals surface area contributed by atoms with E-state index in [9.17, 15) is 0 Å². The van der Waals surface area contributed by atoms with Crippen LogP contribution in [0.1, 0.15) is 52.9 Å².